The number of aromatic nitrogens is 3. The predicted molar refractivity (Wildman–Crippen MR) is 363 cm³/mol. The van der Waals surface area contributed by atoms with Crippen LogP contribution in [0.5, 0.6) is 5.75 Å². The third kappa shape index (κ3) is 16.0. The fraction of sp³-hybridized carbons (Fsp3) is 0.193. The third-order valence-electron chi connectivity index (χ3n) is 15.0. The summed E-state index contributed by atoms with van der Waals surface area (Å²) in [6.07, 6.45) is 4.57. The minimum absolute atomic E-state index is 0.00639. The number of aliphatic hydroxyl groups is 1. The topological polar surface area (TPSA) is 545 Å². The van der Waals surface area contributed by atoms with Crippen LogP contribution >= 0.6 is 35.4 Å². The summed E-state index contributed by atoms with van der Waals surface area (Å²) >= 11 is 16.2. The first-order valence-electron chi connectivity index (χ1n) is 28.5. The monoisotopic (exact) mass is 1600 g/mol. The van der Waals surface area contributed by atoms with Crippen molar-refractivity contribution in [1.82, 2.24) is 48.0 Å². The molecule has 0 saturated carbocycles. The zero-order chi connectivity index (χ0) is 76.4. The number of carbonyl (C=O) groups excluding carboxylic acids is 6. The molecule has 34 nitrogen and oxygen atoms in total. The number of thiocarbonyl (C=S) groups is 1. The second-order valence-electron chi connectivity index (χ2n) is 22.8. The molecule has 11 N–H and O–H groups in total. The van der Waals surface area contributed by atoms with E-state index < -0.39 is 119 Å². The van der Waals surface area contributed by atoms with Gasteiger partial charge in [0.05, 0.1) is 23.3 Å². The van der Waals surface area contributed by atoms with Crippen molar-refractivity contribution in [2.24, 2.45) is 0 Å². The van der Waals surface area contributed by atoms with E-state index in [1.807, 2.05) is 51.3 Å². The van der Waals surface area contributed by atoms with Gasteiger partial charge in [0.25, 0.3) is 106 Å². The molecule has 540 valence electrons. The number of sulfonamides is 7. The smallest absolute Gasteiger partial charge is 0.488 e. The number of rotatable bonds is 4. The number of hydrogen-bond acceptors (Lipinski definition) is 28. The quantitative estimate of drug-likeness (QED) is 0.0871. The third-order valence-corrected chi connectivity index (χ3v) is 25.7. The number of carbonyl (C=O) groups is 6. The molecule has 3 aromatic heterocycles. The van der Waals surface area contributed by atoms with E-state index in [0.717, 1.165) is 23.3 Å². The molecule has 0 bridgehead atoms. The maximum atomic E-state index is 11.5. The molecule has 7 aromatic rings. The Hall–Kier alpha value is -8.99. The number of pyridine rings is 3. The maximum Gasteiger partial charge on any atom is 0.488 e. The van der Waals surface area contributed by atoms with Crippen LogP contribution in [0.1, 0.15) is 147 Å². The van der Waals surface area contributed by atoms with Gasteiger partial charge in [0.15, 0.2) is 0 Å². The van der Waals surface area contributed by atoms with E-state index >= 15 is 0 Å². The highest BCUT2D eigenvalue weighted by molar-refractivity contribution is 7.93. The lowest BCUT2D eigenvalue weighted by Gasteiger charge is -2.07. The number of fused-ring (bicyclic) bond motifs is 7. The van der Waals surface area contributed by atoms with E-state index in [9.17, 15) is 92.8 Å². The van der Waals surface area contributed by atoms with Gasteiger partial charge >= 0.3 is 7.12 Å². The summed E-state index contributed by atoms with van der Waals surface area (Å²) in [5.74, 6) is -4.20. The van der Waals surface area contributed by atoms with Gasteiger partial charge < -0.3 is 20.3 Å². The molecule has 0 saturated heterocycles. The Bertz CT molecular complexity index is 5730. The number of phenols is 1. The van der Waals surface area contributed by atoms with E-state index in [-0.39, 0.29) is 107 Å². The second-order valence-corrected chi connectivity index (χ2v) is 35.5. The Morgan fingerprint density at radius 1 is 0.451 bits per heavy atom. The van der Waals surface area contributed by atoms with E-state index in [1.54, 1.807) is 50.7 Å². The van der Waals surface area contributed by atoms with Gasteiger partial charge in [-0.05, 0) is 145 Å². The fourth-order valence-corrected chi connectivity index (χ4v) is 19.8. The number of aromatic hydroxyl groups is 1. The molecule has 14 rings (SSSR count). The number of amides is 6. The molecular weight excluding hydrogens is 1550 g/mol. The van der Waals surface area contributed by atoms with E-state index in [1.165, 1.54) is 54.9 Å². The number of aryl methyl sites for hydroxylation is 3. The van der Waals surface area contributed by atoms with Crippen LogP contribution in [0.15, 0.2) is 120 Å². The molecule has 0 unspecified atom stereocenters. The molecule has 7 aliphatic heterocycles. The molecule has 0 spiro atoms. The summed E-state index contributed by atoms with van der Waals surface area (Å²) < 4.78 is 173. The van der Waals surface area contributed by atoms with Gasteiger partial charge in [0.1, 0.15) is 67.7 Å². The van der Waals surface area contributed by atoms with Gasteiger partial charge in [0.2, 0.25) is 0 Å². The number of aliphatic hydroxyl groups excluding tert-OH is 1. The van der Waals surface area contributed by atoms with Gasteiger partial charge in [-0.1, -0.05) is 69.2 Å². The standard InChI is InChI=1S/C10H11NO4S.C9H10N2O3S.C8H6ClNO4S.C8H6ClNO3S.C8H8N2O3S.C7H6BNO5S.C7H6N2O2S2/c1-5(2)6-3-7(12)9-8(4-6)16(14,15)11-10(9)13;1-5(2)6-3-7-8(10-4-6)9(12)11-15(7,13)14;9-5-1-4(3-11)7-6(2-5)15(13,14)10-8(7)12;1-4-2-5(9)3-6-7(4)8(11)10-14(6,12)13;1-4-3-9-6-7(5(4)2)14(12,13)10-8(6)11;10-7-5-3-4(8(11)12)1-2-6(5)15(13,14)9-7;1-4-2-3-8-5-6(4)13(10,11)9-7(5)12/h3-5,12H,1-2H3,(H,11,13);3-5H,1-2H3,(H,11,12);1-2,11H,3H2,(H,10,12);2-3H,1H3,(H,10,11);3H,1-2H3,(H,10,11);1-3,11-12H,(H,9,10);2-3H,1H3,(H,9,12). The van der Waals surface area contributed by atoms with E-state index in [4.69, 9.17) is 50.6 Å². The number of halogens is 2. The van der Waals surface area contributed by atoms with Crippen molar-refractivity contribution < 1.29 is 108 Å². The van der Waals surface area contributed by atoms with Crippen LogP contribution in [0, 0.1) is 27.7 Å². The maximum absolute atomic E-state index is 11.5. The fourth-order valence-electron chi connectivity index (χ4n) is 9.91. The van der Waals surface area contributed by atoms with Crippen LogP contribution in [0.2, 0.25) is 10.0 Å². The lowest BCUT2D eigenvalue weighted by atomic mass is 9.79. The first-order chi connectivity index (χ1) is 47.0. The number of hydrogen-bond donors (Lipinski definition) is 11. The molecule has 7 aliphatic rings. The van der Waals surface area contributed by atoms with Crippen molar-refractivity contribution in [2.45, 2.75) is 108 Å². The van der Waals surface area contributed by atoms with Crippen molar-refractivity contribution in [3.8, 4) is 5.75 Å². The first kappa shape index (κ1) is 78.7. The number of phenolic OH excluding ortho intramolecular Hbond substituents is 1. The van der Waals surface area contributed by atoms with Gasteiger partial charge in [-0.25, -0.2) is 97.2 Å². The van der Waals surface area contributed by atoms with Crippen LogP contribution in [-0.2, 0) is 76.8 Å². The molecule has 0 radical (unpaired) electrons. The van der Waals surface area contributed by atoms with Crippen molar-refractivity contribution in [1.29, 1.82) is 0 Å². The molecule has 6 amide bonds. The summed E-state index contributed by atoms with van der Waals surface area (Å²) in [5.41, 5.74) is 4.58. The minimum Gasteiger partial charge on any atom is -0.507 e. The molecule has 0 atom stereocenters. The van der Waals surface area contributed by atoms with Gasteiger partial charge in [-0.15, -0.1) is 0 Å². The molecule has 4 aromatic carbocycles. The van der Waals surface area contributed by atoms with Crippen LogP contribution in [0.25, 0.3) is 0 Å². The molecule has 0 fully saturated rings. The molecule has 102 heavy (non-hydrogen) atoms. The first-order valence-corrected chi connectivity index (χ1v) is 40.1. The summed E-state index contributed by atoms with van der Waals surface area (Å²) in [4.78, 5) is 79.0. The van der Waals surface area contributed by atoms with Gasteiger partial charge in [0, 0.05) is 28.6 Å². The largest absolute Gasteiger partial charge is 0.507 e. The Morgan fingerprint density at radius 2 is 0.912 bits per heavy atom. The zero-order valence-electron chi connectivity index (χ0n) is 53.3. The number of benzene rings is 4. The number of nitrogens with one attached hydrogen (secondary N) is 7. The average molecular weight is 1600 g/mol. The lowest BCUT2D eigenvalue weighted by molar-refractivity contribution is 0.0971. The van der Waals surface area contributed by atoms with E-state index in [2.05, 4.69) is 19.7 Å². The Balaban J connectivity index is 0.000000151. The summed E-state index contributed by atoms with van der Waals surface area (Å²) in [5, 5.41) is 36.8. The zero-order valence-corrected chi connectivity index (χ0v) is 61.4. The Labute approximate surface area is 597 Å². The van der Waals surface area contributed by atoms with Gasteiger partial charge in [-0.3, -0.25) is 38.5 Å². The molecule has 45 heteroatoms. The Kier molecular flexibility index (Phi) is 22.1. The van der Waals surface area contributed by atoms with Crippen LogP contribution in [0.3, 0.4) is 0 Å². The summed E-state index contributed by atoms with van der Waals surface area (Å²) in [6.45, 7) is 13.9. The number of nitrogens with zero attached hydrogens (tertiary/aromatic N) is 3. The summed E-state index contributed by atoms with van der Waals surface area (Å²) in [7, 11) is -27.6. The van der Waals surface area contributed by atoms with Crippen molar-refractivity contribution in [2.75, 3.05) is 0 Å². The van der Waals surface area contributed by atoms with Crippen molar-refractivity contribution in [3.05, 3.63) is 174 Å². The van der Waals surface area contributed by atoms with Crippen molar-refractivity contribution in [3.63, 3.8) is 0 Å². The molecular formula is C57H53BCl2N10O24S8. The second kappa shape index (κ2) is 28.7. The van der Waals surface area contributed by atoms with Crippen LogP contribution < -0.4 is 38.5 Å². The highest BCUT2D eigenvalue weighted by Crippen LogP contribution is 2.35. The average Bonchev–Trinajstić information content (AvgIpc) is 1.65. The van der Waals surface area contributed by atoms with Crippen LogP contribution in [-0.4, -0.2) is 142 Å². The minimum atomic E-state index is -3.80. The highest BCUT2D eigenvalue weighted by Gasteiger charge is 2.41. The molecule has 0 aliphatic carbocycles. The highest BCUT2D eigenvalue weighted by atomic mass is 35.5. The Morgan fingerprint density at radius 3 is 1.47 bits per heavy atom. The van der Waals surface area contributed by atoms with Gasteiger partial charge in [-0.2, -0.15) is 0 Å². The summed E-state index contributed by atoms with van der Waals surface area (Å²) in [6, 6.07) is 14.9. The SMILES string of the molecule is CC(C)c1cc(O)c2c(c1)S(=O)(=O)NC2=O.CC(C)c1cnc2c(c1)S(=O)(=O)NC2=O.Cc1cc(Cl)cc2c1C(=O)NS2(=O)=O.Cc1ccnc2c1S(=O)(=O)NC2=S.Cc1cnc2c(c1C)S(=O)(=O)NC2=O.O=C1NS(=O)(=O)c2cc(Cl)cc(CO)c21.O=C1NS(=O)(=O)c2ccc(B(O)O)cc21. The lowest BCUT2D eigenvalue weighted by Crippen LogP contribution is -2.30. The normalized spacial score (nSPS) is 17.5. The van der Waals surface area contributed by atoms with Crippen molar-refractivity contribution >= 4 is 159 Å². The van der Waals surface area contributed by atoms with E-state index in [0.29, 0.717) is 33.0 Å². The molecule has 10 heterocycles. The predicted octanol–water partition coefficient (Wildman–Crippen LogP) is 1.22. The van der Waals surface area contributed by atoms with Crippen LogP contribution in [0.4, 0.5) is 0 Å².